The lowest BCUT2D eigenvalue weighted by atomic mass is 10.2. The van der Waals surface area contributed by atoms with Crippen LogP contribution in [0, 0.1) is 5.92 Å². The molecule has 1 aromatic carbocycles. The predicted molar refractivity (Wildman–Crippen MR) is 86.9 cm³/mol. The molecule has 2 rings (SSSR count). The number of nitrogen functional groups attached to an aromatic ring is 1. The van der Waals surface area contributed by atoms with Crippen molar-refractivity contribution in [3.05, 3.63) is 23.2 Å². The Kier molecular flexibility index (Phi) is 5.17. The average Bonchev–Trinajstić information content (AvgIpc) is 2.88. The van der Waals surface area contributed by atoms with Crippen LogP contribution in [-0.4, -0.2) is 25.3 Å². The summed E-state index contributed by atoms with van der Waals surface area (Å²) < 4.78 is 27.6. The van der Waals surface area contributed by atoms with Gasteiger partial charge in [0.1, 0.15) is 4.90 Å². The Morgan fingerprint density at radius 2 is 1.95 bits per heavy atom. The Balaban J connectivity index is 2.40. The lowest BCUT2D eigenvalue weighted by Crippen LogP contribution is -2.41. The van der Waals surface area contributed by atoms with E-state index in [0.29, 0.717) is 11.6 Å². The highest BCUT2D eigenvalue weighted by Gasteiger charge is 2.34. The highest BCUT2D eigenvalue weighted by molar-refractivity contribution is 7.89. The SMILES string of the molecule is CC(C)CN(C1CCCC1)S(=O)(=O)c1ccc(Cl)cc1N. The number of rotatable bonds is 5. The maximum atomic E-state index is 13.0. The minimum Gasteiger partial charge on any atom is -0.398 e. The molecule has 4 nitrogen and oxygen atoms in total. The lowest BCUT2D eigenvalue weighted by molar-refractivity contribution is 0.292. The number of hydrogen-bond acceptors (Lipinski definition) is 3. The van der Waals surface area contributed by atoms with Gasteiger partial charge in [0.25, 0.3) is 0 Å². The van der Waals surface area contributed by atoms with E-state index in [1.807, 2.05) is 13.8 Å². The lowest BCUT2D eigenvalue weighted by Gasteiger charge is -2.30. The molecule has 0 radical (unpaired) electrons. The summed E-state index contributed by atoms with van der Waals surface area (Å²) in [6, 6.07) is 4.67. The zero-order valence-electron chi connectivity index (χ0n) is 12.5. The first-order chi connectivity index (χ1) is 9.82. The number of nitrogens with two attached hydrogens (primary N) is 1. The van der Waals surface area contributed by atoms with E-state index in [2.05, 4.69) is 0 Å². The molecule has 6 heteroatoms. The highest BCUT2D eigenvalue weighted by atomic mass is 35.5. The number of sulfonamides is 1. The summed E-state index contributed by atoms with van der Waals surface area (Å²) in [7, 11) is -3.58. The Bertz CT molecular complexity index is 596. The quantitative estimate of drug-likeness (QED) is 0.840. The monoisotopic (exact) mass is 330 g/mol. The zero-order chi connectivity index (χ0) is 15.6. The molecule has 21 heavy (non-hydrogen) atoms. The Hall–Kier alpha value is -0.780. The molecule has 1 fully saturated rings. The van der Waals surface area contributed by atoms with E-state index in [4.69, 9.17) is 17.3 Å². The van der Waals surface area contributed by atoms with Gasteiger partial charge in [-0.25, -0.2) is 8.42 Å². The van der Waals surface area contributed by atoms with Crippen molar-refractivity contribution in [2.45, 2.75) is 50.5 Å². The maximum Gasteiger partial charge on any atom is 0.245 e. The molecule has 0 atom stereocenters. The molecule has 1 aliphatic carbocycles. The molecule has 0 amide bonds. The molecule has 1 aromatic rings. The van der Waals surface area contributed by atoms with Crippen LogP contribution in [0.1, 0.15) is 39.5 Å². The molecule has 0 bridgehead atoms. The largest absolute Gasteiger partial charge is 0.398 e. The second kappa shape index (κ2) is 6.55. The number of nitrogens with zero attached hydrogens (tertiary/aromatic N) is 1. The van der Waals surface area contributed by atoms with Gasteiger partial charge in [0, 0.05) is 17.6 Å². The third-order valence-electron chi connectivity index (χ3n) is 3.84. The summed E-state index contributed by atoms with van der Waals surface area (Å²) in [5, 5.41) is 0.447. The van der Waals surface area contributed by atoms with E-state index in [1.165, 1.54) is 12.1 Å². The van der Waals surface area contributed by atoms with Crippen LogP contribution in [0.25, 0.3) is 0 Å². The van der Waals surface area contributed by atoms with E-state index in [0.717, 1.165) is 25.7 Å². The minimum absolute atomic E-state index is 0.0903. The van der Waals surface area contributed by atoms with Gasteiger partial charge in [-0.3, -0.25) is 0 Å². The summed E-state index contributed by atoms with van der Waals surface area (Å²) in [5.74, 6) is 0.272. The number of benzene rings is 1. The van der Waals surface area contributed by atoms with Crippen molar-refractivity contribution in [2.75, 3.05) is 12.3 Å². The first-order valence-electron chi connectivity index (χ1n) is 7.39. The first kappa shape index (κ1) is 16.6. The summed E-state index contributed by atoms with van der Waals surface area (Å²) in [4.78, 5) is 0.166. The predicted octanol–water partition coefficient (Wildman–Crippen LogP) is 3.51. The van der Waals surface area contributed by atoms with E-state index >= 15 is 0 Å². The van der Waals surface area contributed by atoms with Crippen LogP contribution in [-0.2, 0) is 10.0 Å². The van der Waals surface area contributed by atoms with E-state index < -0.39 is 10.0 Å². The van der Waals surface area contributed by atoms with Gasteiger partial charge in [0.05, 0.1) is 5.69 Å². The number of anilines is 1. The molecule has 0 heterocycles. The number of hydrogen-bond donors (Lipinski definition) is 1. The third-order valence-corrected chi connectivity index (χ3v) is 6.06. The summed E-state index contributed by atoms with van der Waals surface area (Å²) in [5.41, 5.74) is 6.10. The van der Waals surface area contributed by atoms with E-state index in [9.17, 15) is 8.42 Å². The molecule has 1 saturated carbocycles. The summed E-state index contributed by atoms with van der Waals surface area (Å²) in [6.45, 7) is 4.58. The second-order valence-corrected chi connectivity index (χ2v) is 8.38. The molecule has 0 unspecified atom stereocenters. The van der Waals surface area contributed by atoms with Gasteiger partial charge in [0.2, 0.25) is 10.0 Å². The molecule has 0 aliphatic heterocycles. The molecular weight excluding hydrogens is 308 g/mol. The number of halogens is 1. The molecular formula is C15H23ClN2O2S. The van der Waals surface area contributed by atoms with Gasteiger partial charge in [0.15, 0.2) is 0 Å². The summed E-state index contributed by atoms with van der Waals surface area (Å²) >= 11 is 5.87. The van der Waals surface area contributed by atoms with Crippen LogP contribution >= 0.6 is 11.6 Å². The summed E-state index contributed by atoms with van der Waals surface area (Å²) in [6.07, 6.45) is 4.04. The standard InChI is InChI=1S/C15H23ClN2O2S/c1-11(2)10-18(13-5-3-4-6-13)21(19,20)15-8-7-12(16)9-14(15)17/h7-9,11,13H,3-6,10,17H2,1-2H3. The van der Waals surface area contributed by atoms with Crippen molar-refractivity contribution < 1.29 is 8.42 Å². The van der Waals surface area contributed by atoms with Crippen LogP contribution in [0.5, 0.6) is 0 Å². The Morgan fingerprint density at radius 3 is 2.48 bits per heavy atom. The Labute approximate surface area is 132 Å². The molecule has 0 saturated heterocycles. The van der Waals surface area contributed by atoms with Gasteiger partial charge >= 0.3 is 0 Å². The van der Waals surface area contributed by atoms with Crippen LogP contribution in [0.2, 0.25) is 5.02 Å². The highest BCUT2D eigenvalue weighted by Crippen LogP contribution is 2.32. The topological polar surface area (TPSA) is 63.4 Å². The molecule has 2 N–H and O–H groups in total. The maximum absolute atomic E-state index is 13.0. The van der Waals surface area contributed by atoms with Gasteiger partial charge in [-0.15, -0.1) is 0 Å². The fraction of sp³-hybridized carbons (Fsp3) is 0.600. The average molecular weight is 331 g/mol. The van der Waals surface area contributed by atoms with Crippen molar-refractivity contribution >= 4 is 27.3 Å². The van der Waals surface area contributed by atoms with Gasteiger partial charge in [-0.05, 0) is 37.0 Å². The van der Waals surface area contributed by atoms with Crippen molar-refractivity contribution in [3.8, 4) is 0 Å². The normalized spacial score (nSPS) is 17.0. The van der Waals surface area contributed by atoms with Gasteiger partial charge < -0.3 is 5.73 Å². The third kappa shape index (κ3) is 3.71. The van der Waals surface area contributed by atoms with E-state index in [-0.39, 0.29) is 22.5 Å². The van der Waals surface area contributed by atoms with Gasteiger partial charge in [-0.1, -0.05) is 38.3 Å². The fourth-order valence-electron chi connectivity index (χ4n) is 2.88. The smallest absolute Gasteiger partial charge is 0.245 e. The first-order valence-corrected chi connectivity index (χ1v) is 9.21. The van der Waals surface area contributed by atoms with Gasteiger partial charge in [-0.2, -0.15) is 4.31 Å². The molecule has 118 valence electrons. The second-order valence-electron chi connectivity index (χ2n) is 6.09. The molecule has 0 aromatic heterocycles. The van der Waals surface area contributed by atoms with E-state index in [1.54, 1.807) is 10.4 Å². The zero-order valence-corrected chi connectivity index (χ0v) is 14.1. The van der Waals surface area contributed by atoms with Crippen molar-refractivity contribution in [1.29, 1.82) is 0 Å². The minimum atomic E-state index is -3.58. The van der Waals surface area contributed by atoms with Crippen LogP contribution < -0.4 is 5.73 Å². The van der Waals surface area contributed by atoms with Crippen molar-refractivity contribution in [3.63, 3.8) is 0 Å². The molecule has 0 spiro atoms. The molecule has 1 aliphatic rings. The van der Waals surface area contributed by atoms with Crippen molar-refractivity contribution in [2.24, 2.45) is 5.92 Å². The van der Waals surface area contributed by atoms with Crippen LogP contribution in [0.3, 0.4) is 0 Å². The van der Waals surface area contributed by atoms with Crippen LogP contribution in [0.4, 0.5) is 5.69 Å². The fourth-order valence-corrected chi connectivity index (χ4v) is 5.00. The Morgan fingerprint density at radius 1 is 1.33 bits per heavy atom. The van der Waals surface area contributed by atoms with Crippen LogP contribution in [0.15, 0.2) is 23.1 Å². The van der Waals surface area contributed by atoms with Crippen molar-refractivity contribution in [1.82, 2.24) is 4.31 Å².